The smallest absolute Gasteiger partial charge is 0.229 e. The number of nitrogens with one attached hydrogen (secondary N) is 3. The van der Waals surface area contributed by atoms with Crippen LogP contribution in [0.15, 0.2) is 36.5 Å². The average Bonchev–Trinajstić information content (AvgIpc) is 2.80. The highest BCUT2D eigenvalue weighted by Crippen LogP contribution is 2.31. The zero-order chi connectivity index (χ0) is 21.6. The molecule has 1 aromatic carbocycles. The normalized spacial score (nSPS) is 22.1. The largest absolute Gasteiger partial charge is 0.385 e. The molecule has 2 aliphatic rings. The number of hydrogen-bond acceptors (Lipinski definition) is 5. The average molecular weight is 443 g/mol. The first-order chi connectivity index (χ1) is 15.1. The van der Waals surface area contributed by atoms with Crippen LogP contribution in [-0.4, -0.2) is 43.7 Å². The lowest BCUT2D eigenvalue weighted by atomic mass is 9.91. The van der Waals surface area contributed by atoms with Gasteiger partial charge in [-0.15, -0.1) is 0 Å². The number of rotatable bonds is 6. The second kappa shape index (κ2) is 10.4. The van der Waals surface area contributed by atoms with Crippen LogP contribution in [0.1, 0.15) is 26.2 Å². The van der Waals surface area contributed by atoms with Crippen LogP contribution >= 0.6 is 11.6 Å². The van der Waals surface area contributed by atoms with E-state index in [0.29, 0.717) is 29.2 Å². The Morgan fingerprint density at radius 2 is 2.10 bits per heavy atom. The molecule has 0 unspecified atom stereocenters. The number of piperidine rings is 1. The van der Waals surface area contributed by atoms with Gasteiger partial charge in [-0.1, -0.05) is 30.7 Å². The summed E-state index contributed by atoms with van der Waals surface area (Å²) in [6, 6.07) is 10.1. The maximum Gasteiger partial charge on any atom is 0.229 e. The summed E-state index contributed by atoms with van der Waals surface area (Å²) in [5, 5.41) is 10.4. The van der Waals surface area contributed by atoms with E-state index in [1.165, 1.54) is 0 Å². The molecule has 31 heavy (non-hydrogen) atoms. The third-order valence-corrected chi connectivity index (χ3v) is 6.46. The summed E-state index contributed by atoms with van der Waals surface area (Å²) in [6.07, 6.45) is 4.69. The van der Waals surface area contributed by atoms with Crippen molar-refractivity contribution in [2.75, 3.05) is 43.5 Å². The number of amides is 1. The molecule has 2 aliphatic heterocycles. The summed E-state index contributed by atoms with van der Waals surface area (Å²) in [5.41, 5.74) is 2.91. The highest BCUT2D eigenvalue weighted by atomic mass is 35.5. The van der Waals surface area contributed by atoms with Gasteiger partial charge >= 0.3 is 0 Å². The van der Waals surface area contributed by atoms with Crippen molar-refractivity contribution in [1.29, 1.82) is 0 Å². The van der Waals surface area contributed by atoms with Gasteiger partial charge in [-0.3, -0.25) is 4.79 Å². The van der Waals surface area contributed by atoms with Crippen LogP contribution in [0, 0.1) is 17.8 Å². The lowest BCUT2D eigenvalue weighted by Gasteiger charge is -2.26. The summed E-state index contributed by atoms with van der Waals surface area (Å²) in [4.78, 5) is 17.0. The highest BCUT2D eigenvalue weighted by molar-refractivity contribution is 6.33. The molecule has 2 atom stereocenters. The molecule has 3 N–H and O–H groups in total. The van der Waals surface area contributed by atoms with Gasteiger partial charge in [-0.2, -0.15) is 0 Å². The summed E-state index contributed by atoms with van der Waals surface area (Å²) in [6.45, 7) is 6.47. The van der Waals surface area contributed by atoms with Gasteiger partial charge in [0.25, 0.3) is 0 Å². The molecule has 0 aliphatic carbocycles. The van der Waals surface area contributed by atoms with Gasteiger partial charge in [0.1, 0.15) is 5.82 Å². The highest BCUT2D eigenvalue weighted by Gasteiger charge is 2.25. The molecule has 1 aromatic heterocycles. The van der Waals surface area contributed by atoms with Crippen molar-refractivity contribution in [1.82, 2.24) is 10.3 Å². The number of ether oxygens (including phenoxy) is 1. The molecule has 6 nitrogen and oxygen atoms in total. The molecule has 0 radical (unpaired) electrons. The summed E-state index contributed by atoms with van der Waals surface area (Å²) >= 11 is 6.47. The standard InChI is InChI=1S/C24H31ClN4O2/c1-16-9-19(14-26-12-16)24(30)29-23-11-21(22(25)15-28-23)18-3-2-4-20(10-18)27-13-17-5-7-31-8-6-17/h2-4,10-11,15-17,19,26-27H,5-9,12-14H2,1H3,(H,28,29,30)/t16-,19+/m0/s1. The lowest BCUT2D eigenvalue weighted by molar-refractivity contribution is -0.120. The molecular formula is C24H31ClN4O2. The zero-order valence-electron chi connectivity index (χ0n) is 18.0. The fourth-order valence-corrected chi connectivity index (χ4v) is 4.53. The molecule has 0 bridgehead atoms. The summed E-state index contributed by atoms with van der Waals surface area (Å²) in [5.74, 6) is 1.63. The predicted octanol–water partition coefficient (Wildman–Crippen LogP) is 4.42. The third kappa shape index (κ3) is 5.97. The maximum atomic E-state index is 12.7. The Bertz CT molecular complexity index is 901. The molecule has 0 saturated carbocycles. The maximum absolute atomic E-state index is 12.7. The number of carbonyl (C=O) groups excluding carboxylic acids is 1. The van der Waals surface area contributed by atoms with Crippen molar-refractivity contribution < 1.29 is 9.53 Å². The number of anilines is 2. The van der Waals surface area contributed by atoms with Gasteiger partial charge in [0.15, 0.2) is 0 Å². The summed E-state index contributed by atoms with van der Waals surface area (Å²) in [7, 11) is 0. The minimum absolute atomic E-state index is 0.00620. The van der Waals surface area contributed by atoms with E-state index in [4.69, 9.17) is 16.3 Å². The van der Waals surface area contributed by atoms with Gasteiger partial charge in [0.05, 0.1) is 10.9 Å². The number of aromatic nitrogens is 1. The number of halogens is 1. The van der Waals surface area contributed by atoms with Crippen LogP contribution < -0.4 is 16.0 Å². The van der Waals surface area contributed by atoms with Crippen LogP contribution in [0.2, 0.25) is 5.02 Å². The van der Waals surface area contributed by atoms with Crippen molar-refractivity contribution in [3.05, 3.63) is 41.6 Å². The first-order valence-corrected chi connectivity index (χ1v) is 11.6. The van der Waals surface area contributed by atoms with Gasteiger partial charge in [0.2, 0.25) is 5.91 Å². The second-order valence-corrected chi connectivity index (χ2v) is 9.16. The fourth-order valence-electron chi connectivity index (χ4n) is 4.32. The number of nitrogens with zero attached hydrogens (tertiary/aromatic N) is 1. The van der Waals surface area contributed by atoms with E-state index in [1.807, 2.05) is 18.2 Å². The Balaban J connectivity index is 1.44. The van der Waals surface area contributed by atoms with Crippen molar-refractivity contribution in [2.45, 2.75) is 26.2 Å². The Morgan fingerprint density at radius 1 is 1.26 bits per heavy atom. The minimum Gasteiger partial charge on any atom is -0.385 e. The van der Waals surface area contributed by atoms with Gasteiger partial charge in [-0.05, 0) is 61.4 Å². The van der Waals surface area contributed by atoms with Crippen LogP contribution in [0.4, 0.5) is 11.5 Å². The fraction of sp³-hybridized carbons (Fsp3) is 0.500. The summed E-state index contributed by atoms with van der Waals surface area (Å²) < 4.78 is 5.44. The number of benzene rings is 1. The monoisotopic (exact) mass is 442 g/mol. The lowest BCUT2D eigenvalue weighted by Crippen LogP contribution is -2.41. The van der Waals surface area contributed by atoms with Crippen molar-refractivity contribution in [2.24, 2.45) is 17.8 Å². The molecule has 2 saturated heterocycles. The quantitative estimate of drug-likeness (QED) is 0.617. The first kappa shape index (κ1) is 22.1. The van der Waals surface area contributed by atoms with E-state index >= 15 is 0 Å². The molecule has 2 fully saturated rings. The van der Waals surface area contributed by atoms with Crippen molar-refractivity contribution in [3.8, 4) is 11.1 Å². The van der Waals surface area contributed by atoms with Crippen molar-refractivity contribution >= 4 is 29.0 Å². The number of carbonyl (C=O) groups is 1. The molecule has 166 valence electrons. The van der Waals surface area contributed by atoms with Crippen LogP contribution in [0.3, 0.4) is 0 Å². The zero-order valence-corrected chi connectivity index (χ0v) is 18.8. The van der Waals surface area contributed by atoms with Crippen molar-refractivity contribution in [3.63, 3.8) is 0 Å². The molecular weight excluding hydrogens is 412 g/mol. The van der Waals surface area contributed by atoms with Gasteiger partial charge in [-0.25, -0.2) is 4.98 Å². The Kier molecular flexibility index (Phi) is 7.43. The second-order valence-electron chi connectivity index (χ2n) is 8.75. The van der Waals surface area contributed by atoms with E-state index in [-0.39, 0.29) is 11.8 Å². The molecule has 7 heteroatoms. The van der Waals surface area contributed by atoms with E-state index < -0.39 is 0 Å². The Morgan fingerprint density at radius 3 is 2.90 bits per heavy atom. The Hall–Kier alpha value is -2.15. The van der Waals surface area contributed by atoms with Crippen LogP contribution in [0.25, 0.3) is 11.1 Å². The molecule has 0 spiro atoms. The van der Waals surface area contributed by atoms with E-state index in [0.717, 1.165) is 62.4 Å². The van der Waals surface area contributed by atoms with E-state index in [9.17, 15) is 4.79 Å². The topological polar surface area (TPSA) is 75.3 Å². The minimum atomic E-state index is -0.0395. The van der Waals surface area contributed by atoms with E-state index in [2.05, 4.69) is 40.0 Å². The number of pyridine rings is 1. The van der Waals surface area contributed by atoms with Gasteiger partial charge < -0.3 is 20.7 Å². The molecule has 2 aromatic rings. The van der Waals surface area contributed by atoms with Gasteiger partial charge in [0, 0.05) is 43.8 Å². The third-order valence-electron chi connectivity index (χ3n) is 6.16. The number of hydrogen-bond donors (Lipinski definition) is 3. The van der Waals surface area contributed by atoms with Crippen LogP contribution in [0.5, 0.6) is 0 Å². The SMILES string of the molecule is C[C@@H]1CNC[C@H](C(=O)Nc2cc(-c3cccc(NCC4CCOCC4)c3)c(Cl)cn2)C1. The predicted molar refractivity (Wildman–Crippen MR) is 125 cm³/mol. The molecule has 3 heterocycles. The van der Waals surface area contributed by atoms with E-state index in [1.54, 1.807) is 6.20 Å². The molecule has 1 amide bonds. The van der Waals surface area contributed by atoms with Crippen LogP contribution in [-0.2, 0) is 9.53 Å². The molecule has 4 rings (SSSR count). The first-order valence-electron chi connectivity index (χ1n) is 11.2. The Labute approximate surface area is 189 Å².